The average molecular weight is 432 g/mol. The van der Waals surface area contributed by atoms with Gasteiger partial charge < -0.3 is 0 Å². The van der Waals surface area contributed by atoms with Gasteiger partial charge in [-0.05, 0) is 0 Å². The molecule has 1 heteroatoms. The van der Waals surface area contributed by atoms with Crippen molar-refractivity contribution in [3.8, 4) is 11.1 Å². The van der Waals surface area contributed by atoms with Gasteiger partial charge in [-0.15, -0.1) is 34.5 Å². The fraction of sp³-hybridized carbons (Fsp3) is 0.231. The summed E-state index contributed by atoms with van der Waals surface area (Å²) < 4.78 is 0. The monoisotopic (exact) mass is 430 g/mol. The predicted molar refractivity (Wildman–Crippen MR) is 115 cm³/mol. The Morgan fingerprint density at radius 1 is 0.778 bits per heavy atom. The normalized spacial score (nSPS) is 10.3. The van der Waals surface area contributed by atoms with E-state index in [4.69, 9.17) is 0 Å². The van der Waals surface area contributed by atoms with Gasteiger partial charge in [0.1, 0.15) is 0 Å². The fourth-order valence-electron chi connectivity index (χ4n) is 3.77. The third-order valence-electron chi connectivity index (χ3n) is 5.67. The Kier molecular flexibility index (Phi) is 7.57. The van der Waals surface area contributed by atoms with Crippen LogP contribution in [-0.2, 0) is 32.6 Å². The van der Waals surface area contributed by atoms with Crippen LogP contribution < -0.4 is 0 Å². The summed E-state index contributed by atoms with van der Waals surface area (Å²) in [5.41, 5.74) is 10.1. The van der Waals surface area contributed by atoms with Crippen LogP contribution in [0.4, 0.5) is 0 Å². The van der Waals surface area contributed by atoms with E-state index in [2.05, 4.69) is 95.3 Å². The summed E-state index contributed by atoms with van der Waals surface area (Å²) in [6.45, 7) is 11.1. The van der Waals surface area contributed by atoms with E-state index >= 15 is 0 Å². The Bertz CT molecular complexity index is 941. The largest absolute Gasteiger partial charge is 2.00 e. The van der Waals surface area contributed by atoms with Crippen molar-refractivity contribution in [3.63, 3.8) is 0 Å². The summed E-state index contributed by atoms with van der Waals surface area (Å²) >= 11 is 0. The zero-order valence-electron chi connectivity index (χ0n) is 17.1. The molecule has 0 saturated heterocycles. The summed E-state index contributed by atoms with van der Waals surface area (Å²) in [7, 11) is 0. The topological polar surface area (TPSA) is 0 Å². The van der Waals surface area contributed by atoms with Crippen LogP contribution in [0, 0.1) is 27.7 Å². The van der Waals surface area contributed by atoms with Crippen molar-refractivity contribution in [2.45, 2.75) is 41.0 Å². The first-order valence-electron chi connectivity index (χ1n) is 9.45. The molecule has 0 bridgehead atoms. The summed E-state index contributed by atoms with van der Waals surface area (Å²) in [4.78, 5) is 0. The minimum atomic E-state index is 0. The molecule has 4 rings (SSSR count). The molecule has 0 atom stereocenters. The molecule has 0 amide bonds. The van der Waals surface area contributed by atoms with Gasteiger partial charge in [-0.3, -0.25) is 0 Å². The van der Waals surface area contributed by atoms with E-state index in [0.29, 0.717) is 0 Å². The predicted octanol–water partition coefficient (Wildman–Crippen LogP) is 7.42. The molecule has 0 aliphatic rings. The first-order chi connectivity index (χ1) is 12.5. The third-order valence-corrected chi connectivity index (χ3v) is 5.67. The van der Waals surface area contributed by atoms with Crippen LogP contribution in [-0.4, -0.2) is 0 Å². The molecule has 0 heterocycles. The molecule has 4 aromatic rings. The molecule has 0 spiro atoms. The van der Waals surface area contributed by atoms with Crippen LogP contribution in [0.2, 0.25) is 0 Å². The average Bonchev–Trinajstić information content (AvgIpc) is 3.19. The molecule has 0 saturated carbocycles. The van der Waals surface area contributed by atoms with Gasteiger partial charge in [0.25, 0.3) is 0 Å². The molecule has 0 fully saturated rings. The second-order valence-electron chi connectivity index (χ2n) is 7.07. The van der Waals surface area contributed by atoms with Crippen molar-refractivity contribution in [2.75, 3.05) is 0 Å². The van der Waals surface area contributed by atoms with E-state index in [-0.39, 0.29) is 26.2 Å². The van der Waals surface area contributed by atoms with Crippen LogP contribution in [0.15, 0.2) is 66.7 Å². The molecular weight excluding hydrogens is 404 g/mol. The standard InChI is InChI=1S/C15H11.C11H17.Zr/c1-2-6-12(7-3-1)15-10-13-8-4-5-9-14(13)11-15;1-6-11-9(4)7(2)8(3)10(11)5;/h1-11H;6H2,1-5H3;/q2*-1;+2. The molecular formula is C26H28Zr. The van der Waals surface area contributed by atoms with Crippen molar-refractivity contribution in [1.82, 2.24) is 0 Å². The minimum Gasteiger partial charge on any atom is -0.196 e. The van der Waals surface area contributed by atoms with Crippen molar-refractivity contribution < 1.29 is 26.2 Å². The fourth-order valence-corrected chi connectivity index (χ4v) is 3.77. The van der Waals surface area contributed by atoms with Gasteiger partial charge in [-0.2, -0.15) is 27.8 Å². The van der Waals surface area contributed by atoms with Crippen LogP contribution in [0.1, 0.15) is 34.7 Å². The number of rotatable bonds is 2. The van der Waals surface area contributed by atoms with Crippen LogP contribution in [0.25, 0.3) is 21.9 Å². The van der Waals surface area contributed by atoms with Gasteiger partial charge in [-0.1, -0.05) is 95.1 Å². The molecule has 0 nitrogen and oxygen atoms in total. The summed E-state index contributed by atoms with van der Waals surface area (Å²) in [6.07, 6.45) is 1.17. The molecule has 0 unspecified atom stereocenters. The van der Waals surface area contributed by atoms with E-state index in [1.165, 1.54) is 50.6 Å². The van der Waals surface area contributed by atoms with Crippen molar-refractivity contribution in [3.05, 3.63) is 94.5 Å². The zero-order chi connectivity index (χ0) is 18.7. The van der Waals surface area contributed by atoms with Gasteiger partial charge in [0.15, 0.2) is 0 Å². The quantitative estimate of drug-likeness (QED) is 0.290. The van der Waals surface area contributed by atoms with Crippen LogP contribution >= 0.6 is 0 Å². The van der Waals surface area contributed by atoms with E-state index in [1.54, 1.807) is 5.56 Å². The molecule has 0 radical (unpaired) electrons. The van der Waals surface area contributed by atoms with E-state index < -0.39 is 0 Å². The zero-order valence-corrected chi connectivity index (χ0v) is 19.5. The number of benzene rings is 2. The van der Waals surface area contributed by atoms with Gasteiger partial charge >= 0.3 is 26.2 Å². The Morgan fingerprint density at radius 2 is 1.33 bits per heavy atom. The summed E-state index contributed by atoms with van der Waals surface area (Å²) in [5, 5.41) is 2.63. The van der Waals surface area contributed by atoms with Crippen molar-refractivity contribution in [1.29, 1.82) is 0 Å². The summed E-state index contributed by atoms with van der Waals surface area (Å²) in [6, 6.07) is 23.4. The van der Waals surface area contributed by atoms with Crippen molar-refractivity contribution in [2.24, 2.45) is 0 Å². The Morgan fingerprint density at radius 3 is 1.85 bits per heavy atom. The number of fused-ring (bicyclic) bond motifs is 1. The second-order valence-corrected chi connectivity index (χ2v) is 7.07. The maximum Gasteiger partial charge on any atom is 2.00 e. The Labute approximate surface area is 183 Å². The smallest absolute Gasteiger partial charge is 0.196 e. The van der Waals surface area contributed by atoms with Crippen molar-refractivity contribution >= 4 is 10.8 Å². The first kappa shape index (κ1) is 21.6. The van der Waals surface area contributed by atoms with Crippen LogP contribution in [0.3, 0.4) is 0 Å². The van der Waals surface area contributed by atoms with E-state index in [0.717, 1.165) is 0 Å². The maximum atomic E-state index is 2.24. The van der Waals surface area contributed by atoms with Gasteiger partial charge in [0.05, 0.1) is 0 Å². The first-order valence-corrected chi connectivity index (χ1v) is 9.45. The second kappa shape index (κ2) is 9.47. The Hall–Kier alpha value is -1.72. The Balaban J connectivity index is 0.000000196. The van der Waals surface area contributed by atoms with Gasteiger partial charge in [0, 0.05) is 0 Å². The molecule has 136 valence electrons. The minimum absolute atomic E-state index is 0. The summed E-state index contributed by atoms with van der Waals surface area (Å²) in [5.74, 6) is 0. The molecule has 4 aromatic carbocycles. The van der Waals surface area contributed by atoms with E-state index in [1.807, 2.05) is 6.07 Å². The molecule has 0 aliphatic heterocycles. The number of hydrogen-bond donors (Lipinski definition) is 0. The molecule has 0 N–H and O–H groups in total. The van der Waals surface area contributed by atoms with Gasteiger partial charge in [-0.25, -0.2) is 0 Å². The molecule has 0 aliphatic carbocycles. The van der Waals surface area contributed by atoms with Gasteiger partial charge in [0.2, 0.25) is 0 Å². The third kappa shape index (κ3) is 4.58. The number of hydrogen-bond acceptors (Lipinski definition) is 0. The van der Waals surface area contributed by atoms with E-state index in [9.17, 15) is 0 Å². The SMILES string of the molecule is CC[c-]1c(C)c(C)c(C)c1C.[Zr+2].c1ccc(-c2cc3ccccc3[cH-]2)cc1. The van der Waals surface area contributed by atoms with Crippen LogP contribution in [0.5, 0.6) is 0 Å². The molecule has 27 heavy (non-hydrogen) atoms. The molecule has 0 aromatic heterocycles. The maximum absolute atomic E-state index is 2.24.